The van der Waals surface area contributed by atoms with E-state index in [9.17, 15) is 4.79 Å². The van der Waals surface area contributed by atoms with E-state index in [0.29, 0.717) is 0 Å². The van der Waals surface area contributed by atoms with Gasteiger partial charge in [-0.05, 0) is 6.07 Å². The maximum absolute atomic E-state index is 10.1. The molecule has 0 saturated carbocycles. The lowest BCUT2D eigenvalue weighted by atomic mass is 10.0. The lowest BCUT2D eigenvalue weighted by Gasteiger charge is -1.80. The van der Waals surface area contributed by atoms with Crippen molar-refractivity contribution in [2.24, 2.45) is 0 Å². The molecule has 0 unspecified atom stereocenters. The molecule has 1 heterocycles. The summed E-state index contributed by atoms with van der Waals surface area (Å²) in [7, 11) is 5.50. The van der Waals surface area contributed by atoms with Gasteiger partial charge in [0.25, 0.3) is 16.3 Å². The first kappa shape index (κ1) is 7.08. The molecule has 0 amide bonds. The summed E-state index contributed by atoms with van der Waals surface area (Å²) >= 11 is 2.42. The maximum atomic E-state index is 10.1. The van der Waals surface area contributed by atoms with Crippen LogP contribution in [-0.2, 0) is 0 Å². The minimum absolute atomic E-state index is 0.734. The quantitative estimate of drug-likeness (QED) is 0.356. The summed E-state index contributed by atoms with van der Waals surface area (Å²) in [6, 6.07) is 1.72. The van der Waals surface area contributed by atoms with Gasteiger partial charge in [0.15, 0.2) is 6.29 Å². The molecular weight excluding hydrogens is 146 g/mol. The van der Waals surface area contributed by atoms with E-state index in [1.165, 1.54) is 11.3 Å². The number of hydrogen-bond donors (Lipinski definition) is 0. The van der Waals surface area contributed by atoms with Crippen LogP contribution in [0.15, 0.2) is 6.07 Å². The first-order valence-electron chi connectivity index (χ1n) is 2.55. The number of carbonyl (C=O) groups excluding carboxylic acids is 1. The van der Waals surface area contributed by atoms with Gasteiger partial charge >= 0.3 is 0 Å². The molecule has 0 saturated heterocycles. The fourth-order valence-electron chi connectivity index (χ4n) is 0.578. The van der Waals surface area contributed by atoms with Crippen molar-refractivity contribution in [2.45, 2.75) is 0 Å². The van der Waals surface area contributed by atoms with Crippen LogP contribution in [-0.4, -0.2) is 30.4 Å². The van der Waals surface area contributed by atoms with Crippen LogP contribution >= 0.6 is 11.3 Å². The Labute approximate surface area is 66.9 Å². The van der Waals surface area contributed by atoms with Crippen LogP contribution in [0.4, 0.5) is 0 Å². The first-order valence-corrected chi connectivity index (χ1v) is 4.37. The highest BCUT2D eigenvalue weighted by molar-refractivity contribution is 7.22. The Bertz CT molecular complexity index is 213. The van der Waals surface area contributed by atoms with Gasteiger partial charge in [0.05, 0.1) is 4.88 Å². The Morgan fingerprint density at radius 3 is 2.67 bits per heavy atom. The van der Waals surface area contributed by atoms with E-state index in [2.05, 4.69) is 0 Å². The molecule has 4 heteroatoms. The van der Waals surface area contributed by atoms with Gasteiger partial charge < -0.3 is 0 Å². The molecule has 42 valence electrons. The van der Waals surface area contributed by atoms with Crippen LogP contribution in [0.2, 0.25) is 0 Å². The van der Waals surface area contributed by atoms with E-state index in [0.717, 1.165) is 36.7 Å². The summed E-state index contributed by atoms with van der Waals surface area (Å²) in [5.74, 6) is 0. The molecule has 0 atom stereocenters. The minimum atomic E-state index is 0.734. The number of carbonyl (C=O) groups is 1. The van der Waals surface area contributed by atoms with Crippen LogP contribution in [0.25, 0.3) is 0 Å². The topological polar surface area (TPSA) is 17.1 Å². The van der Waals surface area contributed by atoms with Gasteiger partial charge in [0.1, 0.15) is 7.85 Å². The minimum Gasteiger partial charge on any atom is -0.297 e. The third kappa shape index (κ3) is 1.45. The summed E-state index contributed by atoms with van der Waals surface area (Å²) in [6.07, 6.45) is 0.836. The van der Waals surface area contributed by atoms with E-state index in [-0.39, 0.29) is 0 Å². The average molecular weight is 150 g/mol. The highest BCUT2D eigenvalue weighted by Crippen LogP contribution is 1.97. The van der Waals surface area contributed by atoms with Crippen LogP contribution in [0, 0.1) is 0 Å². The lowest BCUT2D eigenvalue weighted by Crippen LogP contribution is -2.18. The Kier molecular flexibility index (Phi) is 2.12. The van der Waals surface area contributed by atoms with Crippen molar-refractivity contribution in [1.82, 2.24) is 0 Å². The molecule has 1 aromatic heterocycles. The summed E-state index contributed by atoms with van der Waals surface area (Å²) in [5.41, 5.74) is 0.772. The predicted molar refractivity (Wildman–Crippen MR) is 43.3 cm³/mol. The Morgan fingerprint density at radius 2 is 2.44 bits per heavy atom. The van der Waals surface area contributed by atoms with Crippen LogP contribution in [0.1, 0.15) is 9.67 Å². The molecule has 0 bridgehead atoms. The summed E-state index contributed by atoms with van der Waals surface area (Å²) in [6.45, 7) is 0. The third-order valence-electron chi connectivity index (χ3n) is 1.09. The molecule has 1 rings (SSSR count). The Hall–Kier alpha value is -0.0326. The second-order valence-electron chi connectivity index (χ2n) is 1.78. The summed E-state index contributed by atoms with van der Waals surface area (Å²) < 4.78 is 1.15. The van der Waals surface area contributed by atoms with Gasteiger partial charge in [-0.2, -0.15) is 11.3 Å². The van der Waals surface area contributed by atoms with E-state index in [1.807, 2.05) is 0 Å². The molecule has 0 fully saturated rings. The molecule has 0 aliphatic rings. The van der Waals surface area contributed by atoms with Crippen molar-refractivity contribution < 1.29 is 4.79 Å². The molecule has 0 aliphatic carbocycles. The van der Waals surface area contributed by atoms with Crippen molar-refractivity contribution in [3.05, 3.63) is 10.9 Å². The zero-order valence-electron chi connectivity index (χ0n) is 5.05. The molecular formula is C5H4AlBOS. The zero-order valence-corrected chi connectivity index (χ0v) is 7.87. The van der Waals surface area contributed by atoms with Crippen molar-refractivity contribution in [3.63, 3.8) is 0 Å². The van der Waals surface area contributed by atoms with Gasteiger partial charge in [0.2, 0.25) is 0 Å². The highest BCUT2D eigenvalue weighted by atomic mass is 32.1. The zero-order chi connectivity index (χ0) is 6.85. The smallest absolute Gasteiger partial charge is 0.274 e. The van der Waals surface area contributed by atoms with E-state index >= 15 is 0 Å². The number of hydrogen-bond acceptors (Lipinski definition) is 2. The SMILES string of the molecule is [B]c1cc(C=O)s[c]1[AlH2]. The van der Waals surface area contributed by atoms with Gasteiger partial charge in [-0.1, -0.05) is 9.20 Å². The second-order valence-corrected chi connectivity index (χ2v) is 4.79. The molecule has 1 nitrogen and oxygen atoms in total. The summed E-state index contributed by atoms with van der Waals surface area (Å²) in [4.78, 5) is 10.9. The normalized spacial score (nSPS) is 9.33. The van der Waals surface area contributed by atoms with Crippen molar-refractivity contribution in [1.29, 1.82) is 0 Å². The van der Waals surface area contributed by atoms with E-state index in [1.54, 1.807) is 6.07 Å². The summed E-state index contributed by atoms with van der Waals surface area (Å²) in [5, 5.41) is 0. The van der Waals surface area contributed by atoms with Gasteiger partial charge in [0, 0.05) is 0 Å². The van der Waals surface area contributed by atoms with Crippen molar-refractivity contribution in [3.8, 4) is 0 Å². The lowest BCUT2D eigenvalue weighted by molar-refractivity contribution is 0.112. The standard InChI is InChI=1S/C5H2BOS.Al.2H/c6-4-1-5(2-7)8-3-4;;;/h1-2H;;;. The fraction of sp³-hybridized carbons (Fsp3) is 0. The van der Waals surface area contributed by atoms with Crippen molar-refractivity contribution >= 4 is 51.0 Å². The highest BCUT2D eigenvalue weighted by Gasteiger charge is 1.96. The second kappa shape index (κ2) is 2.70. The van der Waals surface area contributed by atoms with E-state index < -0.39 is 0 Å². The average Bonchev–Trinajstić information content (AvgIpc) is 2.13. The van der Waals surface area contributed by atoms with Crippen LogP contribution < -0.4 is 9.20 Å². The number of thiophene rings is 1. The number of aldehydes is 1. The molecule has 9 heavy (non-hydrogen) atoms. The predicted octanol–water partition coefficient (Wildman–Crippen LogP) is -1.39. The third-order valence-corrected chi connectivity index (χ3v) is 3.27. The van der Waals surface area contributed by atoms with Crippen LogP contribution in [0.5, 0.6) is 0 Å². The molecule has 0 aromatic carbocycles. The molecule has 0 spiro atoms. The number of rotatable bonds is 1. The maximum Gasteiger partial charge on any atom is 0.274 e. The fourth-order valence-corrected chi connectivity index (χ4v) is 2.19. The molecule has 0 aliphatic heterocycles. The van der Waals surface area contributed by atoms with Crippen molar-refractivity contribution in [2.75, 3.05) is 0 Å². The van der Waals surface area contributed by atoms with Gasteiger partial charge in [-0.25, -0.2) is 0 Å². The Balaban J connectivity index is 3.11. The monoisotopic (exact) mass is 150 g/mol. The largest absolute Gasteiger partial charge is 0.297 e. The molecule has 1 aromatic rings. The Morgan fingerprint density at radius 1 is 1.78 bits per heavy atom. The first-order chi connectivity index (χ1) is 4.24. The van der Waals surface area contributed by atoms with Gasteiger partial charge in [-0.3, -0.25) is 4.79 Å². The molecule has 0 N–H and O–H groups in total. The van der Waals surface area contributed by atoms with Crippen LogP contribution in [0.3, 0.4) is 0 Å². The molecule has 2 radical (unpaired) electrons. The van der Waals surface area contributed by atoms with Gasteiger partial charge in [-0.15, -0.1) is 0 Å². The van der Waals surface area contributed by atoms with E-state index in [4.69, 9.17) is 7.85 Å².